The Bertz CT molecular complexity index is 1010. The maximum Gasteiger partial charge on any atom is 0.244 e. The van der Waals surface area contributed by atoms with Gasteiger partial charge in [0.1, 0.15) is 17.9 Å². The van der Waals surface area contributed by atoms with Crippen LogP contribution in [0.1, 0.15) is 18.7 Å². The Labute approximate surface area is 149 Å². The molecule has 2 aromatic carbocycles. The molecule has 0 aliphatic rings. The van der Waals surface area contributed by atoms with Crippen LogP contribution >= 0.6 is 0 Å². The number of benzene rings is 2. The second-order valence-corrected chi connectivity index (χ2v) is 5.99. The Morgan fingerprint density at radius 2 is 1.92 bits per heavy atom. The highest BCUT2D eigenvalue weighted by Gasteiger charge is 2.15. The summed E-state index contributed by atoms with van der Waals surface area (Å²) in [6.07, 6.45) is 0. The summed E-state index contributed by atoms with van der Waals surface area (Å²) < 4.78 is 5.78. The maximum absolute atomic E-state index is 12.3. The van der Waals surface area contributed by atoms with Crippen LogP contribution in [0.5, 0.6) is 0 Å². The molecule has 0 spiro atoms. The van der Waals surface area contributed by atoms with E-state index in [2.05, 4.69) is 20.7 Å². The highest BCUT2D eigenvalue weighted by atomic mass is 16.3. The van der Waals surface area contributed by atoms with E-state index in [0.717, 1.165) is 16.5 Å². The standard InChI is InChI=1S/C19H17N5O2/c1-13(17-11-15-9-5-6-10-16(15)26-17)20-18(25)12-24-22-19(21-23-24)14-7-3-2-4-8-14/h2-11,13H,12H2,1H3,(H,20,25)/t13-/m0/s1. The average Bonchev–Trinajstić information content (AvgIpc) is 3.29. The Hall–Kier alpha value is -3.48. The van der Waals surface area contributed by atoms with E-state index in [4.69, 9.17) is 4.42 Å². The molecule has 0 bridgehead atoms. The first-order chi connectivity index (χ1) is 12.7. The number of carbonyl (C=O) groups is 1. The smallest absolute Gasteiger partial charge is 0.244 e. The third-order valence-corrected chi connectivity index (χ3v) is 4.02. The zero-order valence-corrected chi connectivity index (χ0v) is 14.2. The molecule has 4 rings (SSSR count). The van der Waals surface area contributed by atoms with E-state index >= 15 is 0 Å². The number of hydrogen-bond acceptors (Lipinski definition) is 5. The molecular formula is C19H17N5O2. The molecule has 7 nitrogen and oxygen atoms in total. The average molecular weight is 347 g/mol. The number of para-hydroxylation sites is 1. The van der Waals surface area contributed by atoms with E-state index in [-0.39, 0.29) is 18.5 Å². The number of fused-ring (bicyclic) bond motifs is 1. The van der Waals surface area contributed by atoms with Gasteiger partial charge in [0.05, 0.1) is 6.04 Å². The third-order valence-electron chi connectivity index (χ3n) is 4.02. The lowest BCUT2D eigenvalue weighted by molar-refractivity contribution is -0.122. The van der Waals surface area contributed by atoms with Crippen molar-refractivity contribution in [1.82, 2.24) is 25.5 Å². The number of amides is 1. The fourth-order valence-electron chi connectivity index (χ4n) is 2.72. The molecule has 1 amide bonds. The SMILES string of the molecule is C[C@H](NC(=O)Cn1nnc(-c2ccccc2)n1)c1cc2ccccc2o1. The van der Waals surface area contributed by atoms with E-state index < -0.39 is 0 Å². The van der Waals surface area contributed by atoms with Gasteiger partial charge in [0.25, 0.3) is 0 Å². The van der Waals surface area contributed by atoms with Crippen LogP contribution in [0.2, 0.25) is 0 Å². The molecule has 26 heavy (non-hydrogen) atoms. The summed E-state index contributed by atoms with van der Waals surface area (Å²) in [6, 6.07) is 18.9. The molecule has 0 saturated heterocycles. The van der Waals surface area contributed by atoms with Crippen LogP contribution in [0.15, 0.2) is 65.1 Å². The monoisotopic (exact) mass is 347 g/mol. The number of nitrogens with zero attached hydrogens (tertiary/aromatic N) is 4. The fourth-order valence-corrected chi connectivity index (χ4v) is 2.72. The number of nitrogens with one attached hydrogen (secondary N) is 1. The van der Waals surface area contributed by atoms with Crippen molar-refractivity contribution in [1.29, 1.82) is 0 Å². The van der Waals surface area contributed by atoms with Gasteiger partial charge < -0.3 is 9.73 Å². The number of furan rings is 1. The van der Waals surface area contributed by atoms with Gasteiger partial charge in [-0.1, -0.05) is 48.5 Å². The predicted molar refractivity (Wildman–Crippen MR) is 96.0 cm³/mol. The number of tetrazole rings is 1. The van der Waals surface area contributed by atoms with Gasteiger partial charge in [0, 0.05) is 10.9 Å². The molecule has 130 valence electrons. The Morgan fingerprint density at radius 3 is 2.73 bits per heavy atom. The van der Waals surface area contributed by atoms with Crippen LogP contribution in [-0.4, -0.2) is 26.1 Å². The van der Waals surface area contributed by atoms with Crippen molar-refractivity contribution in [2.75, 3.05) is 0 Å². The van der Waals surface area contributed by atoms with E-state index in [1.54, 1.807) is 0 Å². The molecule has 0 unspecified atom stereocenters. The summed E-state index contributed by atoms with van der Waals surface area (Å²) in [4.78, 5) is 13.6. The molecule has 2 heterocycles. The second-order valence-electron chi connectivity index (χ2n) is 5.99. The zero-order chi connectivity index (χ0) is 17.9. The van der Waals surface area contributed by atoms with Gasteiger partial charge in [-0.05, 0) is 24.3 Å². The lowest BCUT2D eigenvalue weighted by Crippen LogP contribution is -2.30. The van der Waals surface area contributed by atoms with Gasteiger partial charge in [0.15, 0.2) is 0 Å². The number of carbonyl (C=O) groups excluding carboxylic acids is 1. The molecule has 0 aliphatic heterocycles. The molecule has 0 fully saturated rings. The van der Waals surface area contributed by atoms with Gasteiger partial charge >= 0.3 is 0 Å². The Balaban J connectivity index is 1.41. The van der Waals surface area contributed by atoms with Crippen molar-refractivity contribution in [3.63, 3.8) is 0 Å². The summed E-state index contributed by atoms with van der Waals surface area (Å²) in [5.74, 6) is 0.981. The van der Waals surface area contributed by atoms with Gasteiger partial charge in [0.2, 0.25) is 11.7 Å². The first kappa shape index (κ1) is 16.0. The van der Waals surface area contributed by atoms with Crippen molar-refractivity contribution >= 4 is 16.9 Å². The van der Waals surface area contributed by atoms with E-state index in [1.807, 2.05) is 67.6 Å². The predicted octanol–water partition coefficient (Wildman–Crippen LogP) is 2.96. The fraction of sp³-hybridized carbons (Fsp3) is 0.158. The van der Waals surface area contributed by atoms with Crippen LogP contribution in [0.3, 0.4) is 0 Å². The summed E-state index contributed by atoms with van der Waals surface area (Å²) >= 11 is 0. The molecule has 2 aromatic heterocycles. The van der Waals surface area contributed by atoms with E-state index in [9.17, 15) is 4.79 Å². The number of aromatic nitrogens is 4. The molecule has 0 saturated carbocycles. The van der Waals surface area contributed by atoms with Crippen LogP contribution < -0.4 is 5.32 Å². The topological polar surface area (TPSA) is 85.8 Å². The third kappa shape index (κ3) is 3.32. The molecule has 0 aliphatic carbocycles. The molecular weight excluding hydrogens is 330 g/mol. The van der Waals surface area contributed by atoms with Crippen molar-refractivity contribution < 1.29 is 9.21 Å². The quantitative estimate of drug-likeness (QED) is 0.600. The number of hydrogen-bond donors (Lipinski definition) is 1. The minimum Gasteiger partial charge on any atom is -0.459 e. The molecule has 4 aromatic rings. The molecule has 7 heteroatoms. The first-order valence-corrected chi connectivity index (χ1v) is 8.30. The van der Waals surface area contributed by atoms with E-state index in [0.29, 0.717) is 11.6 Å². The van der Waals surface area contributed by atoms with Crippen molar-refractivity contribution in [3.8, 4) is 11.4 Å². The lowest BCUT2D eigenvalue weighted by atomic mass is 10.2. The normalized spacial score (nSPS) is 12.2. The molecule has 0 radical (unpaired) electrons. The molecule has 1 atom stereocenters. The van der Waals surface area contributed by atoms with Crippen molar-refractivity contribution in [2.45, 2.75) is 19.5 Å². The van der Waals surface area contributed by atoms with Crippen LogP contribution in [0, 0.1) is 0 Å². The Morgan fingerprint density at radius 1 is 1.15 bits per heavy atom. The van der Waals surface area contributed by atoms with Crippen molar-refractivity contribution in [3.05, 3.63) is 66.4 Å². The first-order valence-electron chi connectivity index (χ1n) is 8.30. The van der Waals surface area contributed by atoms with Crippen LogP contribution in [-0.2, 0) is 11.3 Å². The van der Waals surface area contributed by atoms with Crippen LogP contribution in [0.4, 0.5) is 0 Å². The van der Waals surface area contributed by atoms with Crippen molar-refractivity contribution in [2.24, 2.45) is 0 Å². The molecule has 1 N–H and O–H groups in total. The van der Waals surface area contributed by atoms with E-state index in [1.165, 1.54) is 4.80 Å². The summed E-state index contributed by atoms with van der Waals surface area (Å²) in [6.45, 7) is 1.87. The van der Waals surface area contributed by atoms with Crippen LogP contribution in [0.25, 0.3) is 22.4 Å². The second kappa shape index (κ2) is 6.79. The van der Waals surface area contributed by atoms with Gasteiger partial charge in [-0.2, -0.15) is 4.80 Å². The van der Waals surface area contributed by atoms with Gasteiger partial charge in [-0.3, -0.25) is 4.79 Å². The largest absolute Gasteiger partial charge is 0.459 e. The summed E-state index contributed by atoms with van der Waals surface area (Å²) in [5, 5.41) is 16.1. The minimum absolute atomic E-state index is 0.00952. The summed E-state index contributed by atoms with van der Waals surface area (Å²) in [7, 11) is 0. The summed E-state index contributed by atoms with van der Waals surface area (Å²) in [5.41, 5.74) is 1.66. The highest BCUT2D eigenvalue weighted by Crippen LogP contribution is 2.23. The highest BCUT2D eigenvalue weighted by molar-refractivity contribution is 5.79. The Kier molecular flexibility index (Phi) is 4.18. The zero-order valence-electron chi connectivity index (χ0n) is 14.2. The van der Waals surface area contributed by atoms with Gasteiger partial charge in [-0.15, -0.1) is 10.2 Å². The number of rotatable bonds is 5. The maximum atomic E-state index is 12.3. The lowest BCUT2D eigenvalue weighted by Gasteiger charge is -2.10. The van der Waals surface area contributed by atoms with Gasteiger partial charge in [-0.25, -0.2) is 0 Å². The minimum atomic E-state index is -0.257.